The summed E-state index contributed by atoms with van der Waals surface area (Å²) >= 11 is 3.78. The Morgan fingerprint density at radius 1 is 1.89 bits per heavy atom. The van der Waals surface area contributed by atoms with E-state index in [4.69, 9.17) is 5.73 Å². The van der Waals surface area contributed by atoms with E-state index in [9.17, 15) is 4.79 Å². The number of nitrogens with two attached hydrogens (primary N) is 1. The Labute approximate surface area is 65.8 Å². The van der Waals surface area contributed by atoms with Crippen LogP contribution >= 0.6 is 12.6 Å². The average Bonchev–Trinajstić information content (AvgIpc) is 1.84. The van der Waals surface area contributed by atoms with Gasteiger partial charge in [0.2, 0.25) is 0 Å². The highest BCUT2D eigenvalue weighted by Crippen LogP contribution is 1.84. The second-order valence-electron chi connectivity index (χ2n) is 1.31. The molecule has 0 aromatic rings. The Balaban J connectivity index is 0. The maximum atomic E-state index is 10.3. The van der Waals surface area contributed by atoms with Crippen molar-refractivity contribution < 1.29 is 21.9 Å². The molecular formula is C4H9ClNO2S-. The Morgan fingerprint density at radius 2 is 2.33 bits per heavy atom. The molecule has 0 amide bonds. The zero-order valence-corrected chi connectivity index (χ0v) is 6.65. The fourth-order valence-electron chi connectivity index (χ4n) is 0.226. The van der Waals surface area contributed by atoms with Gasteiger partial charge in [-0.3, -0.25) is 4.79 Å². The van der Waals surface area contributed by atoms with Crippen LogP contribution in [-0.4, -0.2) is 24.9 Å². The van der Waals surface area contributed by atoms with Crippen molar-refractivity contribution in [2.24, 2.45) is 5.73 Å². The molecule has 0 saturated heterocycles. The third-order valence-corrected chi connectivity index (χ3v) is 1.09. The SMILES string of the molecule is COC(=O)C(N)CS.[Cl-]. The summed E-state index contributed by atoms with van der Waals surface area (Å²) in [4.78, 5) is 10.3. The minimum atomic E-state index is -0.580. The average molecular weight is 171 g/mol. The molecule has 2 N–H and O–H groups in total. The van der Waals surface area contributed by atoms with Crippen LogP contribution in [0.3, 0.4) is 0 Å². The molecule has 0 saturated carbocycles. The first-order chi connectivity index (χ1) is 3.72. The van der Waals surface area contributed by atoms with E-state index in [2.05, 4.69) is 17.4 Å². The van der Waals surface area contributed by atoms with Crippen LogP contribution in [0.1, 0.15) is 0 Å². The van der Waals surface area contributed by atoms with Crippen LogP contribution in [0.4, 0.5) is 0 Å². The van der Waals surface area contributed by atoms with Crippen LogP contribution < -0.4 is 18.1 Å². The summed E-state index contributed by atoms with van der Waals surface area (Å²) in [5.74, 6) is -0.0906. The summed E-state index contributed by atoms with van der Waals surface area (Å²) in [5.41, 5.74) is 5.18. The van der Waals surface area contributed by atoms with Crippen molar-refractivity contribution in [1.29, 1.82) is 0 Å². The van der Waals surface area contributed by atoms with Gasteiger partial charge in [-0.05, 0) is 0 Å². The van der Waals surface area contributed by atoms with Crippen molar-refractivity contribution >= 4 is 18.6 Å². The molecule has 0 heterocycles. The molecule has 56 valence electrons. The molecule has 1 atom stereocenters. The first-order valence-electron chi connectivity index (χ1n) is 2.16. The van der Waals surface area contributed by atoms with Gasteiger partial charge in [0.25, 0.3) is 0 Å². The lowest BCUT2D eigenvalue weighted by Crippen LogP contribution is -3.00. The number of hydrogen-bond acceptors (Lipinski definition) is 4. The fraction of sp³-hybridized carbons (Fsp3) is 0.750. The first kappa shape index (κ1) is 11.8. The Kier molecular flexibility index (Phi) is 8.13. The lowest BCUT2D eigenvalue weighted by atomic mass is 10.4. The van der Waals surface area contributed by atoms with E-state index < -0.39 is 12.0 Å². The highest BCUT2D eigenvalue weighted by molar-refractivity contribution is 7.80. The second kappa shape index (κ2) is 6.19. The third-order valence-electron chi connectivity index (χ3n) is 0.701. The Hall–Kier alpha value is 0.0700. The van der Waals surface area contributed by atoms with Gasteiger partial charge in [0.15, 0.2) is 0 Å². The second-order valence-corrected chi connectivity index (χ2v) is 1.68. The van der Waals surface area contributed by atoms with Crippen molar-refractivity contribution in [1.82, 2.24) is 0 Å². The van der Waals surface area contributed by atoms with Gasteiger partial charge in [0.1, 0.15) is 6.04 Å². The maximum absolute atomic E-state index is 10.3. The molecule has 0 aliphatic carbocycles. The topological polar surface area (TPSA) is 52.3 Å². The van der Waals surface area contributed by atoms with E-state index in [1.54, 1.807) is 0 Å². The van der Waals surface area contributed by atoms with Gasteiger partial charge in [0.05, 0.1) is 7.11 Å². The molecule has 0 bridgehead atoms. The van der Waals surface area contributed by atoms with Crippen molar-refractivity contribution in [3.8, 4) is 0 Å². The van der Waals surface area contributed by atoms with E-state index in [1.807, 2.05) is 0 Å². The van der Waals surface area contributed by atoms with Crippen LogP contribution in [0, 0.1) is 0 Å². The van der Waals surface area contributed by atoms with E-state index in [0.29, 0.717) is 5.75 Å². The number of methoxy groups -OCH3 is 1. The summed E-state index contributed by atoms with van der Waals surface area (Å²) in [7, 11) is 1.30. The molecule has 0 radical (unpaired) electrons. The summed E-state index contributed by atoms with van der Waals surface area (Å²) < 4.78 is 4.29. The predicted octanol–water partition coefficient (Wildman–Crippen LogP) is -3.58. The van der Waals surface area contributed by atoms with Gasteiger partial charge < -0.3 is 22.9 Å². The number of carbonyl (C=O) groups is 1. The van der Waals surface area contributed by atoms with Gasteiger partial charge in [-0.1, -0.05) is 0 Å². The highest BCUT2D eigenvalue weighted by atomic mass is 35.5. The minimum absolute atomic E-state index is 0. The van der Waals surface area contributed by atoms with Crippen LogP contribution in [-0.2, 0) is 9.53 Å². The molecular weight excluding hydrogens is 162 g/mol. The van der Waals surface area contributed by atoms with E-state index in [0.717, 1.165) is 0 Å². The molecule has 0 aliphatic rings. The van der Waals surface area contributed by atoms with Gasteiger partial charge in [-0.2, -0.15) is 12.6 Å². The number of ether oxygens (including phenoxy) is 1. The predicted molar refractivity (Wildman–Crippen MR) is 33.8 cm³/mol. The summed E-state index contributed by atoms with van der Waals surface area (Å²) in [6, 6.07) is -0.580. The molecule has 1 unspecified atom stereocenters. The largest absolute Gasteiger partial charge is 1.00 e. The zero-order valence-electron chi connectivity index (χ0n) is 5.00. The number of rotatable bonds is 2. The normalized spacial score (nSPS) is 11.4. The monoisotopic (exact) mass is 170 g/mol. The van der Waals surface area contributed by atoms with Gasteiger partial charge >= 0.3 is 5.97 Å². The molecule has 3 nitrogen and oxygen atoms in total. The highest BCUT2D eigenvalue weighted by Gasteiger charge is 2.09. The number of thiol groups is 1. The summed E-state index contributed by atoms with van der Waals surface area (Å²) in [6.07, 6.45) is 0. The van der Waals surface area contributed by atoms with Crippen LogP contribution in [0.2, 0.25) is 0 Å². The molecule has 0 spiro atoms. The minimum Gasteiger partial charge on any atom is -1.00 e. The zero-order chi connectivity index (χ0) is 6.57. The lowest BCUT2D eigenvalue weighted by molar-refractivity contribution is -0.141. The van der Waals surface area contributed by atoms with Crippen molar-refractivity contribution in [3.05, 3.63) is 0 Å². The fourth-order valence-corrected chi connectivity index (χ4v) is 0.375. The standard InChI is InChI=1S/C4H9NO2S.ClH/c1-7-4(6)3(5)2-8;/h3,8H,2,5H2,1H3;1H/p-1. The van der Waals surface area contributed by atoms with E-state index in [-0.39, 0.29) is 12.4 Å². The molecule has 0 rings (SSSR count). The molecule has 0 fully saturated rings. The Morgan fingerprint density at radius 3 is 2.44 bits per heavy atom. The maximum Gasteiger partial charge on any atom is 0.323 e. The molecule has 0 aliphatic heterocycles. The van der Waals surface area contributed by atoms with Gasteiger partial charge in [-0.25, -0.2) is 0 Å². The van der Waals surface area contributed by atoms with Crippen molar-refractivity contribution in [3.63, 3.8) is 0 Å². The molecule has 5 heteroatoms. The number of hydrogen-bond donors (Lipinski definition) is 2. The van der Waals surface area contributed by atoms with Gasteiger partial charge in [-0.15, -0.1) is 0 Å². The number of halogens is 1. The van der Waals surface area contributed by atoms with Gasteiger partial charge in [0, 0.05) is 5.75 Å². The van der Waals surface area contributed by atoms with Crippen LogP contribution in [0.25, 0.3) is 0 Å². The van der Waals surface area contributed by atoms with Crippen LogP contribution in [0.15, 0.2) is 0 Å². The van der Waals surface area contributed by atoms with Crippen molar-refractivity contribution in [2.45, 2.75) is 6.04 Å². The lowest BCUT2D eigenvalue weighted by Gasteiger charge is -2.02. The first-order valence-corrected chi connectivity index (χ1v) is 2.80. The number of carbonyl (C=O) groups excluding carboxylic acids is 1. The van der Waals surface area contributed by atoms with E-state index >= 15 is 0 Å². The van der Waals surface area contributed by atoms with E-state index in [1.165, 1.54) is 7.11 Å². The third kappa shape index (κ3) is 4.57. The van der Waals surface area contributed by atoms with Crippen LogP contribution in [0.5, 0.6) is 0 Å². The summed E-state index contributed by atoms with van der Waals surface area (Å²) in [6.45, 7) is 0. The molecule has 9 heavy (non-hydrogen) atoms. The summed E-state index contributed by atoms with van der Waals surface area (Å²) in [5, 5.41) is 0. The molecule has 0 aromatic carbocycles. The molecule has 0 aromatic heterocycles. The van der Waals surface area contributed by atoms with Crippen molar-refractivity contribution in [2.75, 3.05) is 12.9 Å². The Bertz CT molecular complexity index is 90.6. The number of esters is 1. The quantitative estimate of drug-likeness (QED) is 0.333. The smallest absolute Gasteiger partial charge is 0.323 e.